The minimum atomic E-state index is -0.506. The number of nitriles is 1. The monoisotopic (exact) mass is 211 g/mol. The molecule has 1 aromatic heterocycles. The predicted molar refractivity (Wildman–Crippen MR) is 61.7 cm³/mol. The maximum absolute atomic E-state index is 9.35. The molecule has 2 rings (SSSR count). The molecule has 80 valence electrons. The Bertz CT molecular complexity index is 482. The number of hydrogen-bond acceptors (Lipinski definition) is 2. The van der Waals surface area contributed by atoms with Crippen molar-refractivity contribution in [3.63, 3.8) is 0 Å². The Morgan fingerprint density at radius 1 is 1.38 bits per heavy atom. The van der Waals surface area contributed by atoms with Crippen LogP contribution in [0.5, 0.6) is 0 Å². The average molecular weight is 211 g/mol. The Labute approximate surface area is 94.8 Å². The number of nitrogens with one attached hydrogen (secondary N) is 1. The molecular weight excluding hydrogens is 198 g/mol. The van der Waals surface area contributed by atoms with Gasteiger partial charge in [-0.3, -0.25) is 0 Å². The first-order valence-corrected chi connectivity index (χ1v) is 5.19. The van der Waals surface area contributed by atoms with Crippen LogP contribution in [-0.4, -0.2) is 9.97 Å². The molecule has 1 N–H and O–H groups in total. The number of nitrogens with zero attached hydrogens (tertiary/aromatic N) is 2. The topological polar surface area (TPSA) is 52.5 Å². The lowest BCUT2D eigenvalue weighted by Gasteiger charge is -2.21. The molecule has 0 bridgehead atoms. The third-order valence-corrected chi connectivity index (χ3v) is 2.76. The Hall–Kier alpha value is -2.08. The van der Waals surface area contributed by atoms with Gasteiger partial charge in [-0.25, -0.2) is 4.98 Å². The Morgan fingerprint density at radius 3 is 2.69 bits per heavy atom. The summed E-state index contributed by atoms with van der Waals surface area (Å²) in [5.41, 5.74) is 1.51. The van der Waals surface area contributed by atoms with Crippen LogP contribution in [-0.2, 0) is 11.8 Å². The molecule has 0 saturated heterocycles. The van der Waals surface area contributed by atoms with Gasteiger partial charge in [0.25, 0.3) is 0 Å². The Balaban J connectivity index is 2.31. The molecule has 3 heteroatoms. The molecule has 1 unspecified atom stereocenters. The molecule has 0 aliphatic rings. The van der Waals surface area contributed by atoms with Crippen molar-refractivity contribution in [2.75, 3.05) is 0 Å². The highest BCUT2D eigenvalue weighted by Gasteiger charge is 2.27. The second kappa shape index (κ2) is 4.19. The zero-order chi connectivity index (χ0) is 11.4. The van der Waals surface area contributed by atoms with Gasteiger partial charge < -0.3 is 4.98 Å². The van der Waals surface area contributed by atoms with Crippen molar-refractivity contribution in [1.29, 1.82) is 5.26 Å². The van der Waals surface area contributed by atoms with Crippen LogP contribution in [0.25, 0.3) is 0 Å². The van der Waals surface area contributed by atoms with E-state index < -0.39 is 5.41 Å². The van der Waals surface area contributed by atoms with Crippen molar-refractivity contribution in [3.05, 3.63) is 54.1 Å². The summed E-state index contributed by atoms with van der Waals surface area (Å²) in [6.45, 7) is 1.95. The molecule has 1 atom stereocenters. The van der Waals surface area contributed by atoms with E-state index in [0.717, 1.165) is 11.3 Å². The van der Waals surface area contributed by atoms with Crippen molar-refractivity contribution in [3.8, 4) is 6.07 Å². The fourth-order valence-corrected chi connectivity index (χ4v) is 1.77. The van der Waals surface area contributed by atoms with Gasteiger partial charge in [0.15, 0.2) is 0 Å². The molecule has 3 nitrogen and oxygen atoms in total. The maximum atomic E-state index is 9.35. The van der Waals surface area contributed by atoms with Gasteiger partial charge in [0.2, 0.25) is 0 Å². The van der Waals surface area contributed by atoms with E-state index in [2.05, 4.69) is 16.0 Å². The third-order valence-electron chi connectivity index (χ3n) is 2.76. The fraction of sp³-hybridized carbons (Fsp3) is 0.231. The molecule has 0 radical (unpaired) electrons. The van der Waals surface area contributed by atoms with E-state index in [0.29, 0.717) is 6.42 Å². The Morgan fingerprint density at radius 2 is 2.12 bits per heavy atom. The summed E-state index contributed by atoms with van der Waals surface area (Å²) in [5, 5.41) is 9.35. The lowest BCUT2D eigenvalue weighted by Crippen LogP contribution is -2.22. The number of benzene rings is 1. The normalized spacial score (nSPS) is 14.0. The smallest absolute Gasteiger partial charge is 0.0921 e. The second-order valence-electron chi connectivity index (χ2n) is 4.06. The lowest BCUT2D eigenvalue weighted by molar-refractivity contribution is 0.598. The number of aromatic nitrogens is 2. The molecule has 0 aliphatic carbocycles. The number of hydrogen-bond donors (Lipinski definition) is 1. The predicted octanol–water partition coefficient (Wildman–Crippen LogP) is 2.43. The Kier molecular flexibility index (Phi) is 2.74. The first-order valence-electron chi connectivity index (χ1n) is 5.19. The summed E-state index contributed by atoms with van der Waals surface area (Å²) < 4.78 is 0. The maximum Gasteiger partial charge on any atom is 0.0921 e. The number of imidazole rings is 1. The summed E-state index contributed by atoms with van der Waals surface area (Å²) in [5.74, 6) is 0. The van der Waals surface area contributed by atoms with Crippen molar-refractivity contribution < 1.29 is 0 Å². The van der Waals surface area contributed by atoms with E-state index in [-0.39, 0.29) is 0 Å². The molecule has 1 heterocycles. The van der Waals surface area contributed by atoms with Gasteiger partial charge in [-0.15, -0.1) is 0 Å². The van der Waals surface area contributed by atoms with Gasteiger partial charge in [0, 0.05) is 18.3 Å². The molecule has 0 amide bonds. The quantitative estimate of drug-likeness (QED) is 0.847. The van der Waals surface area contributed by atoms with Crippen LogP contribution in [0, 0.1) is 11.3 Å². The van der Waals surface area contributed by atoms with Gasteiger partial charge in [-0.05, 0) is 12.5 Å². The average Bonchev–Trinajstić information content (AvgIpc) is 2.83. The number of H-pyrrole nitrogens is 1. The lowest BCUT2D eigenvalue weighted by atomic mass is 9.80. The number of aromatic amines is 1. The van der Waals surface area contributed by atoms with E-state index in [1.165, 1.54) is 0 Å². The van der Waals surface area contributed by atoms with Gasteiger partial charge in [-0.2, -0.15) is 5.26 Å². The van der Waals surface area contributed by atoms with Crippen molar-refractivity contribution >= 4 is 0 Å². The van der Waals surface area contributed by atoms with Crippen molar-refractivity contribution in [1.82, 2.24) is 9.97 Å². The van der Waals surface area contributed by atoms with Crippen LogP contribution in [0.15, 0.2) is 42.9 Å². The van der Waals surface area contributed by atoms with Crippen LogP contribution >= 0.6 is 0 Å². The molecular formula is C13H13N3. The van der Waals surface area contributed by atoms with Crippen LogP contribution in [0.4, 0.5) is 0 Å². The van der Waals surface area contributed by atoms with E-state index in [1.54, 1.807) is 12.5 Å². The first kappa shape index (κ1) is 10.4. The van der Waals surface area contributed by atoms with E-state index in [9.17, 15) is 5.26 Å². The van der Waals surface area contributed by atoms with Gasteiger partial charge >= 0.3 is 0 Å². The highest BCUT2D eigenvalue weighted by atomic mass is 14.9. The van der Waals surface area contributed by atoms with Gasteiger partial charge in [0.05, 0.1) is 17.8 Å². The van der Waals surface area contributed by atoms with Gasteiger partial charge in [0.1, 0.15) is 0 Å². The largest absolute Gasteiger partial charge is 0.348 e. The minimum absolute atomic E-state index is 0.506. The molecule has 16 heavy (non-hydrogen) atoms. The second-order valence-corrected chi connectivity index (χ2v) is 4.06. The highest BCUT2D eigenvalue weighted by molar-refractivity contribution is 5.32. The van der Waals surface area contributed by atoms with Crippen molar-refractivity contribution in [2.45, 2.75) is 18.8 Å². The van der Waals surface area contributed by atoms with Crippen LogP contribution in [0.2, 0.25) is 0 Å². The van der Waals surface area contributed by atoms with Crippen LogP contribution < -0.4 is 0 Å². The van der Waals surface area contributed by atoms with Gasteiger partial charge in [-0.1, -0.05) is 30.3 Å². The SMILES string of the molecule is CC(C#N)(Cc1cnc[nH]1)c1ccccc1. The number of rotatable bonds is 3. The standard InChI is InChI=1S/C13H13N3/c1-13(9-14,7-12-8-15-10-16-12)11-5-3-2-4-6-11/h2-6,8,10H,7H2,1H3,(H,15,16). The molecule has 0 spiro atoms. The molecule has 0 aliphatic heterocycles. The molecule has 0 fully saturated rings. The highest BCUT2D eigenvalue weighted by Crippen LogP contribution is 2.26. The summed E-state index contributed by atoms with van der Waals surface area (Å²) in [6.07, 6.45) is 4.05. The third kappa shape index (κ3) is 1.96. The van der Waals surface area contributed by atoms with Crippen LogP contribution in [0.3, 0.4) is 0 Å². The minimum Gasteiger partial charge on any atom is -0.348 e. The molecule has 2 aromatic rings. The fourth-order valence-electron chi connectivity index (χ4n) is 1.77. The van der Waals surface area contributed by atoms with E-state index in [1.807, 2.05) is 37.3 Å². The summed E-state index contributed by atoms with van der Waals surface area (Å²) in [4.78, 5) is 7.00. The first-order chi connectivity index (χ1) is 7.74. The summed E-state index contributed by atoms with van der Waals surface area (Å²) >= 11 is 0. The van der Waals surface area contributed by atoms with Crippen molar-refractivity contribution in [2.24, 2.45) is 0 Å². The zero-order valence-electron chi connectivity index (χ0n) is 9.14. The summed E-state index contributed by atoms with van der Waals surface area (Å²) in [6, 6.07) is 12.2. The van der Waals surface area contributed by atoms with E-state index in [4.69, 9.17) is 0 Å². The van der Waals surface area contributed by atoms with Crippen LogP contribution in [0.1, 0.15) is 18.2 Å². The molecule has 0 saturated carbocycles. The zero-order valence-corrected chi connectivity index (χ0v) is 9.14. The van der Waals surface area contributed by atoms with E-state index >= 15 is 0 Å². The molecule has 1 aromatic carbocycles. The summed E-state index contributed by atoms with van der Waals surface area (Å²) in [7, 11) is 0.